The second kappa shape index (κ2) is 7.84. The standard InChI is InChI=1S/C18H15FN8O2/c1-27(10-14-21-15(26-29-14)11-6-8-20-9-7-11)18(28)23-17-22-16(24-25-17)12-4-2-3-5-13(12)19/h2-9H,10H2,1H3,(H2,22,23,24,25,28). The summed E-state index contributed by atoms with van der Waals surface area (Å²) >= 11 is 0. The van der Waals surface area contributed by atoms with E-state index in [1.165, 1.54) is 11.0 Å². The molecule has 2 N–H and O–H groups in total. The summed E-state index contributed by atoms with van der Waals surface area (Å²) in [4.78, 5) is 26.0. The molecule has 0 unspecified atom stereocenters. The number of nitrogens with one attached hydrogen (secondary N) is 2. The van der Waals surface area contributed by atoms with Crippen molar-refractivity contribution in [3.8, 4) is 22.8 Å². The molecule has 10 nitrogen and oxygen atoms in total. The predicted molar refractivity (Wildman–Crippen MR) is 99.8 cm³/mol. The largest absolute Gasteiger partial charge is 0.337 e. The second-order valence-electron chi connectivity index (χ2n) is 6.02. The Kier molecular flexibility index (Phi) is 4.93. The van der Waals surface area contributed by atoms with Crippen molar-refractivity contribution in [3.05, 3.63) is 60.5 Å². The summed E-state index contributed by atoms with van der Waals surface area (Å²) in [6.07, 6.45) is 3.24. The van der Waals surface area contributed by atoms with Gasteiger partial charge in [0.05, 0.1) is 5.56 Å². The minimum atomic E-state index is -0.493. The molecule has 0 atom stereocenters. The zero-order valence-electron chi connectivity index (χ0n) is 15.2. The van der Waals surface area contributed by atoms with Crippen LogP contribution in [0.15, 0.2) is 53.3 Å². The van der Waals surface area contributed by atoms with Gasteiger partial charge in [0.2, 0.25) is 17.7 Å². The third-order valence-corrected chi connectivity index (χ3v) is 3.96. The van der Waals surface area contributed by atoms with E-state index in [9.17, 15) is 9.18 Å². The van der Waals surface area contributed by atoms with Crippen LogP contribution in [-0.4, -0.2) is 48.3 Å². The molecule has 2 amide bonds. The van der Waals surface area contributed by atoms with Crippen molar-refractivity contribution in [1.29, 1.82) is 0 Å². The number of urea groups is 1. The van der Waals surface area contributed by atoms with Crippen LogP contribution in [0.3, 0.4) is 0 Å². The van der Waals surface area contributed by atoms with Crippen molar-refractivity contribution >= 4 is 12.0 Å². The Labute approximate surface area is 163 Å². The maximum Gasteiger partial charge on any atom is 0.324 e. The molecule has 0 aliphatic rings. The fourth-order valence-corrected chi connectivity index (χ4v) is 2.49. The van der Waals surface area contributed by atoms with Crippen molar-refractivity contribution in [3.63, 3.8) is 0 Å². The van der Waals surface area contributed by atoms with Crippen LogP contribution < -0.4 is 5.32 Å². The molecule has 0 saturated carbocycles. The fourth-order valence-electron chi connectivity index (χ4n) is 2.49. The van der Waals surface area contributed by atoms with Gasteiger partial charge in [-0.25, -0.2) is 9.18 Å². The van der Waals surface area contributed by atoms with Gasteiger partial charge in [-0.1, -0.05) is 17.3 Å². The highest BCUT2D eigenvalue weighted by molar-refractivity contribution is 5.87. The molecule has 29 heavy (non-hydrogen) atoms. The van der Waals surface area contributed by atoms with Crippen LogP contribution in [-0.2, 0) is 6.54 Å². The number of hydrogen-bond donors (Lipinski definition) is 2. The molecule has 0 fully saturated rings. The van der Waals surface area contributed by atoms with Crippen molar-refractivity contribution in [2.75, 3.05) is 12.4 Å². The van der Waals surface area contributed by atoms with Crippen molar-refractivity contribution in [2.24, 2.45) is 0 Å². The lowest BCUT2D eigenvalue weighted by atomic mass is 10.2. The van der Waals surface area contributed by atoms with Crippen LogP contribution >= 0.6 is 0 Å². The van der Waals surface area contributed by atoms with Crippen LogP contribution in [0.5, 0.6) is 0 Å². The second-order valence-corrected chi connectivity index (χ2v) is 6.02. The summed E-state index contributed by atoms with van der Waals surface area (Å²) in [6.45, 7) is 0.0779. The van der Waals surface area contributed by atoms with E-state index in [1.807, 2.05) is 0 Å². The third-order valence-electron chi connectivity index (χ3n) is 3.96. The summed E-state index contributed by atoms with van der Waals surface area (Å²) in [5.41, 5.74) is 1.01. The van der Waals surface area contributed by atoms with Gasteiger partial charge < -0.3 is 9.42 Å². The number of aromatic amines is 1. The molecule has 0 spiro atoms. The van der Waals surface area contributed by atoms with Crippen LogP contribution in [0, 0.1) is 5.82 Å². The van der Waals surface area contributed by atoms with E-state index in [2.05, 4.69) is 35.6 Å². The lowest BCUT2D eigenvalue weighted by Gasteiger charge is -2.13. The van der Waals surface area contributed by atoms with Crippen molar-refractivity contribution in [2.45, 2.75) is 6.54 Å². The Hall–Kier alpha value is -4.15. The minimum Gasteiger partial charge on any atom is -0.337 e. The molecule has 1 aromatic carbocycles. The highest BCUT2D eigenvalue weighted by Gasteiger charge is 2.17. The van der Waals surface area contributed by atoms with Crippen LogP contribution in [0.25, 0.3) is 22.8 Å². The third kappa shape index (κ3) is 4.08. The van der Waals surface area contributed by atoms with E-state index in [0.717, 1.165) is 5.56 Å². The van der Waals surface area contributed by atoms with Crippen molar-refractivity contribution in [1.82, 2.24) is 35.2 Å². The maximum atomic E-state index is 13.8. The molecule has 4 aromatic rings. The number of benzene rings is 1. The van der Waals surface area contributed by atoms with Crippen LogP contribution in [0.2, 0.25) is 0 Å². The number of rotatable bonds is 5. The Morgan fingerprint density at radius 3 is 2.79 bits per heavy atom. The number of aromatic nitrogens is 6. The molecule has 11 heteroatoms. The zero-order valence-corrected chi connectivity index (χ0v) is 15.2. The summed E-state index contributed by atoms with van der Waals surface area (Å²) in [6, 6.07) is 9.14. The molecule has 0 bridgehead atoms. The predicted octanol–water partition coefficient (Wildman–Crippen LogP) is 2.72. The molecule has 0 saturated heterocycles. The first-order valence-electron chi connectivity index (χ1n) is 8.52. The van der Waals surface area contributed by atoms with Gasteiger partial charge in [-0.2, -0.15) is 9.97 Å². The average Bonchev–Trinajstić information content (AvgIpc) is 3.39. The molecular weight excluding hydrogens is 379 g/mol. The highest BCUT2D eigenvalue weighted by Crippen LogP contribution is 2.19. The van der Waals surface area contributed by atoms with Gasteiger partial charge in [0.15, 0.2) is 5.82 Å². The number of anilines is 1. The van der Waals surface area contributed by atoms with E-state index in [0.29, 0.717) is 5.82 Å². The lowest BCUT2D eigenvalue weighted by molar-refractivity contribution is 0.213. The topological polar surface area (TPSA) is 126 Å². The Morgan fingerprint density at radius 2 is 2.00 bits per heavy atom. The smallest absolute Gasteiger partial charge is 0.324 e. The highest BCUT2D eigenvalue weighted by atomic mass is 19.1. The summed E-state index contributed by atoms with van der Waals surface area (Å²) in [7, 11) is 1.55. The molecule has 0 aliphatic carbocycles. The Morgan fingerprint density at radius 1 is 1.21 bits per heavy atom. The maximum absolute atomic E-state index is 13.8. The minimum absolute atomic E-state index is 0.0168. The van der Waals surface area contributed by atoms with Gasteiger partial charge in [-0.05, 0) is 24.3 Å². The quantitative estimate of drug-likeness (QED) is 0.533. The van der Waals surface area contributed by atoms with Gasteiger partial charge in [0.25, 0.3) is 0 Å². The number of hydrogen-bond acceptors (Lipinski definition) is 7. The van der Waals surface area contributed by atoms with E-state index < -0.39 is 11.8 Å². The first kappa shape index (κ1) is 18.2. The number of carbonyl (C=O) groups is 1. The number of nitrogens with zero attached hydrogens (tertiary/aromatic N) is 6. The molecule has 146 valence electrons. The van der Waals surface area contributed by atoms with E-state index >= 15 is 0 Å². The Bertz CT molecular complexity index is 1130. The van der Waals surface area contributed by atoms with Gasteiger partial charge in [0, 0.05) is 25.0 Å². The molecule has 0 radical (unpaired) electrons. The number of carbonyl (C=O) groups excluding carboxylic acids is 1. The summed E-state index contributed by atoms with van der Waals surface area (Å²) in [5.74, 6) is 0.444. The number of H-pyrrole nitrogens is 1. The first-order chi connectivity index (χ1) is 14.1. The van der Waals surface area contributed by atoms with E-state index in [4.69, 9.17) is 4.52 Å². The van der Waals surface area contributed by atoms with Crippen molar-refractivity contribution < 1.29 is 13.7 Å². The van der Waals surface area contributed by atoms with E-state index in [-0.39, 0.29) is 29.8 Å². The van der Waals surface area contributed by atoms with Gasteiger partial charge in [-0.15, -0.1) is 5.10 Å². The number of pyridine rings is 1. The van der Waals surface area contributed by atoms with Crippen LogP contribution in [0.4, 0.5) is 15.1 Å². The molecule has 4 rings (SSSR count). The zero-order chi connectivity index (χ0) is 20.2. The number of halogens is 1. The van der Waals surface area contributed by atoms with E-state index in [1.54, 1.807) is 49.8 Å². The summed E-state index contributed by atoms with van der Waals surface area (Å²) in [5, 5.41) is 12.9. The van der Waals surface area contributed by atoms with Gasteiger partial charge in [0.1, 0.15) is 12.4 Å². The van der Waals surface area contributed by atoms with Gasteiger partial charge in [-0.3, -0.25) is 15.4 Å². The number of amides is 2. The molecular formula is C18H15FN8O2. The average molecular weight is 394 g/mol. The monoisotopic (exact) mass is 394 g/mol. The molecule has 3 heterocycles. The first-order valence-corrected chi connectivity index (χ1v) is 8.52. The van der Waals surface area contributed by atoms with Gasteiger partial charge >= 0.3 is 6.03 Å². The molecule has 3 aromatic heterocycles. The molecule has 0 aliphatic heterocycles. The SMILES string of the molecule is CN(Cc1nc(-c2ccncc2)no1)C(=O)Nc1n[nH]c(-c2ccccc2F)n1. The normalized spacial score (nSPS) is 10.7. The van der Waals surface area contributed by atoms with Crippen LogP contribution in [0.1, 0.15) is 5.89 Å². The fraction of sp³-hybridized carbons (Fsp3) is 0.111. The lowest BCUT2D eigenvalue weighted by Crippen LogP contribution is -2.31. The summed E-state index contributed by atoms with van der Waals surface area (Å²) < 4.78 is 19.0. The Balaban J connectivity index is 1.39.